The lowest BCUT2D eigenvalue weighted by atomic mass is 9.90. The Bertz CT molecular complexity index is 403. The smallest absolute Gasteiger partial charge is 0.140 e. The lowest BCUT2D eigenvalue weighted by Gasteiger charge is -2.14. The molecule has 86 valence electrons. The molecule has 1 atom stereocenters. The van der Waals surface area contributed by atoms with E-state index in [9.17, 15) is 9.18 Å². The first-order valence-corrected chi connectivity index (χ1v) is 6.04. The van der Waals surface area contributed by atoms with E-state index in [1.807, 2.05) is 0 Å². The SMILES string of the molecule is O=C1CCCCCC1c1ccc(Cl)cc1F. The standard InChI is InChI=1S/C13H14ClFO/c14-9-6-7-10(12(15)8-9)11-4-2-1-3-5-13(11)16/h6-8,11H,1-5H2. The molecule has 1 aliphatic carbocycles. The van der Waals surface area contributed by atoms with Crippen LogP contribution in [0.25, 0.3) is 0 Å². The van der Waals surface area contributed by atoms with Crippen LogP contribution >= 0.6 is 11.6 Å². The molecule has 0 spiro atoms. The van der Waals surface area contributed by atoms with Crippen LogP contribution < -0.4 is 0 Å². The molecular weight excluding hydrogens is 227 g/mol. The molecule has 1 unspecified atom stereocenters. The van der Waals surface area contributed by atoms with Gasteiger partial charge in [-0.2, -0.15) is 0 Å². The Hall–Kier alpha value is -0.890. The highest BCUT2D eigenvalue weighted by atomic mass is 35.5. The predicted octanol–water partition coefficient (Wildman–Crippen LogP) is 4.10. The summed E-state index contributed by atoms with van der Waals surface area (Å²) in [5.41, 5.74) is 0.510. The van der Waals surface area contributed by atoms with Gasteiger partial charge in [0.25, 0.3) is 0 Å². The molecule has 1 aromatic rings. The average Bonchev–Trinajstić information content (AvgIpc) is 2.44. The van der Waals surface area contributed by atoms with Gasteiger partial charge in [-0.15, -0.1) is 0 Å². The Morgan fingerprint density at radius 3 is 2.81 bits per heavy atom. The number of carbonyl (C=O) groups excluding carboxylic acids is 1. The fourth-order valence-corrected chi connectivity index (χ4v) is 2.43. The summed E-state index contributed by atoms with van der Waals surface area (Å²) in [6.45, 7) is 0. The van der Waals surface area contributed by atoms with Gasteiger partial charge in [0.2, 0.25) is 0 Å². The summed E-state index contributed by atoms with van der Waals surface area (Å²) in [7, 11) is 0. The second-order valence-corrected chi connectivity index (χ2v) is 4.72. The van der Waals surface area contributed by atoms with Crippen molar-refractivity contribution < 1.29 is 9.18 Å². The molecular formula is C13H14ClFO. The van der Waals surface area contributed by atoms with Crippen LogP contribution in [0.3, 0.4) is 0 Å². The fraction of sp³-hybridized carbons (Fsp3) is 0.462. The van der Waals surface area contributed by atoms with Crippen molar-refractivity contribution in [3.8, 4) is 0 Å². The van der Waals surface area contributed by atoms with Gasteiger partial charge >= 0.3 is 0 Å². The molecule has 0 N–H and O–H groups in total. The molecule has 16 heavy (non-hydrogen) atoms. The first-order valence-electron chi connectivity index (χ1n) is 5.66. The largest absolute Gasteiger partial charge is 0.299 e. The van der Waals surface area contributed by atoms with Crippen LogP contribution in [0.15, 0.2) is 18.2 Å². The molecule has 0 amide bonds. The zero-order valence-electron chi connectivity index (χ0n) is 9.01. The number of ketones is 1. The predicted molar refractivity (Wildman–Crippen MR) is 62.2 cm³/mol. The van der Waals surface area contributed by atoms with Crippen LogP contribution in [0, 0.1) is 5.82 Å². The van der Waals surface area contributed by atoms with E-state index in [0.29, 0.717) is 17.0 Å². The van der Waals surface area contributed by atoms with Gasteiger partial charge < -0.3 is 0 Å². The monoisotopic (exact) mass is 240 g/mol. The minimum Gasteiger partial charge on any atom is -0.299 e. The maximum Gasteiger partial charge on any atom is 0.140 e. The van der Waals surface area contributed by atoms with E-state index in [1.165, 1.54) is 6.07 Å². The van der Waals surface area contributed by atoms with Crippen LogP contribution in [0.5, 0.6) is 0 Å². The van der Waals surface area contributed by atoms with Gasteiger partial charge in [-0.25, -0.2) is 4.39 Å². The maximum absolute atomic E-state index is 13.7. The number of carbonyl (C=O) groups is 1. The molecule has 3 heteroatoms. The summed E-state index contributed by atoms with van der Waals surface area (Å²) >= 11 is 5.70. The molecule has 0 heterocycles. The molecule has 0 aliphatic heterocycles. The first-order chi connectivity index (χ1) is 7.68. The lowest BCUT2D eigenvalue weighted by molar-refractivity contribution is -0.120. The van der Waals surface area contributed by atoms with Crippen molar-refractivity contribution in [3.63, 3.8) is 0 Å². The highest BCUT2D eigenvalue weighted by Crippen LogP contribution is 2.31. The quantitative estimate of drug-likeness (QED) is 0.676. The third kappa shape index (κ3) is 2.43. The average molecular weight is 241 g/mol. The molecule has 0 saturated heterocycles. The van der Waals surface area contributed by atoms with Gasteiger partial charge in [0.05, 0.1) is 0 Å². The lowest BCUT2D eigenvalue weighted by Crippen LogP contribution is -2.12. The Morgan fingerprint density at radius 1 is 1.25 bits per heavy atom. The summed E-state index contributed by atoms with van der Waals surface area (Å²) in [5.74, 6) is -0.453. The van der Waals surface area contributed by atoms with Crippen molar-refractivity contribution in [1.29, 1.82) is 0 Å². The summed E-state index contributed by atoms with van der Waals surface area (Å²) < 4.78 is 13.7. The van der Waals surface area contributed by atoms with Crippen molar-refractivity contribution >= 4 is 17.4 Å². The molecule has 1 nitrogen and oxygen atoms in total. The molecule has 1 aromatic carbocycles. The van der Waals surface area contributed by atoms with Gasteiger partial charge in [-0.1, -0.05) is 30.5 Å². The Balaban J connectivity index is 2.30. The second-order valence-electron chi connectivity index (χ2n) is 4.28. The van der Waals surface area contributed by atoms with Crippen LogP contribution in [0.1, 0.15) is 43.6 Å². The van der Waals surface area contributed by atoms with Crippen molar-refractivity contribution in [2.24, 2.45) is 0 Å². The van der Waals surface area contributed by atoms with Crippen LogP contribution in [-0.4, -0.2) is 5.78 Å². The summed E-state index contributed by atoms with van der Waals surface area (Å²) in [6.07, 6.45) is 4.34. The van der Waals surface area contributed by atoms with E-state index in [1.54, 1.807) is 12.1 Å². The second kappa shape index (κ2) is 4.96. The topological polar surface area (TPSA) is 17.1 Å². The van der Waals surface area contributed by atoms with Crippen LogP contribution in [0.4, 0.5) is 4.39 Å². The molecule has 0 aromatic heterocycles. The van der Waals surface area contributed by atoms with Gasteiger partial charge in [0.1, 0.15) is 11.6 Å². The van der Waals surface area contributed by atoms with Crippen molar-refractivity contribution in [2.75, 3.05) is 0 Å². The summed E-state index contributed by atoms with van der Waals surface area (Å²) in [6, 6.07) is 4.58. The third-order valence-electron chi connectivity index (χ3n) is 3.14. The van der Waals surface area contributed by atoms with Crippen molar-refractivity contribution in [3.05, 3.63) is 34.6 Å². The van der Waals surface area contributed by atoms with E-state index in [4.69, 9.17) is 11.6 Å². The van der Waals surface area contributed by atoms with Crippen LogP contribution in [-0.2, 0) is 4.79 Å². The van der Waals surface area contributed by atoms with Crippen LogP contribution in [0.2, 0.25) is 5.02 Å². The fourth-order valence-electron chi connectivity index (χ4n) is 2.27. The number of hydrogen-bond acceptors (Lipinski definition) is 1. The van der Waals surface area contributed by atoms with Crippen molar-refractivity contribution in [1.82, 2.24) is 0 Å². The van der Waals surface area contributed by atoms with E-state index in [2.05, 4.69) is 0 Å². The van der Waals surface area contributed by atoms with Gasteiger partial charge in [-0.3, -0.25) is 4.79 Å². The number of hydrogen-bond donors (Lipinski definition) is 0. The van der Waals surface area contributed by atoms with E-state index in [0.717, 1.165) is 25.7 Å². The molecule has 1 fully saturated rings. The highest BCUT2D eigenvalue weighted by molar-refractivity contribution is 6.30. The Labute approximate surface area is 99.6 Å². The normalized spacial score (nSPS) is 21.9. The van der Waals surface area contributed by atoms with E-state index >= 15 is 0 Å². The van der Waals surface area contributed by atoms with Gasteiger partial charge in [-0.05, 0) is 30.5 Å². The zero-order valence-corrected chi connectivity index (χ0v) is 9.77. The Morgan fingerprint density at radius 2 is 2.06 bits per heavy atom. The molecule has 0 radical (unpaired) electrons. The molecule has 1 aliphatic rings. The zero-order chi connectivity index (χ0) is 11.5. The maximum atomic E-state index is 13.7. The van der Waals surface area contributed by atoms with E-state index < -0.39 is 0 Å². The number of Topliss-reactive ketones (excluding diaryl/α,β-unsaturated/α-hetero) is 1. The van der Waals surface area contributed by atoms with E-state index in [-0.39, 0.29) is 17.5 Å². The van der Waals surface area contributed by atoms with Crippen molar-refractivity contribution in [2.45, 2.75) is 38.0 Å². The molecule has 1 saturated carbocycles. The number of rotatable bonds is 1. The molecule has 0 bridgehead atoms. The van der Waals surface area contributed by atoms with Gasteiger partial charge in [0.15, 0.2) is 0 Å². The summed E-state index contributed by atoms with van der Waals surface area (Å²) in [5, 5.41) is 0.377. The highest BCUT2D eigenvalue weighted by Gasteiger charge is 2.24. The summed E-state index contributed by atoms with van der Waals surface area (Å²) in [4.78, 5) is 11.9. The molecule has 2 rings (SSSR count). The number of benzene rings is 1. The number of halogens is 2. The minimum atomic E-state index is -0.354. The van der Waals surface area contributed by atoms with Gasteiger partial charge in [0, 0.05) is 17.4 Å². The first kappa shape index (κ1) is 11.6. The minimum absolute atomic E-state index is 0.165. The Kier molecular flexibility index (Phi) is 3.59. The third-order valence-corrected chi connectivity index (χ3v) is 3.38.